The molecule has 0 atom stereocenters. The van der Waals surface area contributed by atoms with Gasteiger partial charge in [-0.1, -0.05) is 0 Å². The number of halogens is 1. The highest BCUT2D eigenvalue weighted by Crippen LogP contribution is 2.34. The first kappa shape index (κ1) is 13.2. The van der Waals surface area contributed by atoms with Crippen LogP contribution in [0.5, 0.6) is 5.75 Å². The van der Waals surface area contributed by atoms with E-state index in [9.17, 15) is 0 Å². The Morgan fingerprint density at radius 1 is 1.20 bits per heavy atom. The number of benzene rings is 1. The van der Waals surface area contributed by atoms with Crippen LogP contribution in [0.4, 0.5) is 5.69 Å². The summed E-state index contributed by atoms with van der Waals surface area (Å²) < 4.78 is 7.98. The molecule has 0 bridgehead atoms. The van der Waals surface area contributed by atoms with E-state index >= 15 is 0 Å². The normalized spacial score (nSPS) is 10.7. The van der Waals surface area contributed by atoms with Gasteiger partial charge >= 0.3 is 0 Å². The monoisotopic (exact) mass is 349 g/mol. The summed E-state index contributed by atoms with van der Waals surface area (Å²) >= 11 is 5.06. The third-order valence-electron chi connectivity index (χ3n) is 2.89. The lowest BCUT2D eigenvalue weighted by Crippen LogP contribution is -1.94. The fourth-order valence-corrected chi connectivity index (χ4v) is 3.28. The Morgan fingerprint density at radius 3 is 2.55 bits per heavy atom. The minimum Gasteiger partial charge on any atom is -0.497 e. The number of nitrogen functional groups attached to an aromatic ring is 1. The molecule has 2 aromatic heterocycles. The second-order valence-electron chi connectivity index (χ2n) is 4.18. The van der Waals surface area contributed by atoms with Crippen molar-refractivity contribution in [2.24, 2.45) is 0 Å². The highest BCUT2D eigenvalue weighted by Gasteiger charge is 2.11. The van der Waals surface area contributed by atoms with Crippen molar-refractivity contribution in [2.75, 3.05) is 12.8 Å². The molecule has 4 nitrogen and oxygen atoms in total. The molecule has 0 aliphatic rings. The van der Waals surface area contributed by atoms with E-state index in [1.165, 1.54) is 0 Å². The van der Waals surface area contributed by atoms with E-state index < -0.39 is 0 Å². The Balaban J connectivity index is 1.99. The van der Waals surface area contributed by atoms with E-state index in [1.54, 1.807) is 23.1 Å². The molecule has 0 radical (unpaired) electrons. The quantitative estimate of drug-likeness (QED) is 0.778. The van der Waals surface area contributed by atoms with Crippen LogP contribution in [0.3, 0.4) is 0 Å². The molecule has 102 valence electrons. The number of nitrogens with two attached hydrogens (primary N) is 1. The Kier molecular flexibility index (Phi) is 3.50. The molecule has 0 unspecified atom stereocenters. The fourth-order valence-electron chi connectivity index (χ4n) is 1.89. The van der Waals surface area contributed by atoms with Crippen molar-refractivity contribution in [3.05, 3.63) is 46.4 Å². The van der Waals surface area contributed by atoms with E-state index in [-0.39, 0.29) is 0 Å². The molecular weight excluding hydrogens is 338 g/mol. The molecule has 1 aromatic carbocycles. The number of nitrogens with zero attached hydrogens (tertiary/aromatic N) is 2. The van der Waals surface area contributed by atoms with Crippen LogP contribution < -0.4 is 10.5 Å². The molecule has 6 heteroatoms. The van der Waals surface area contributed by atoms with Crippen molar-refractivity contribution in [2.45, 2.75) is 0 Å². The molecule has 0 aliphatic heterocycles. The second kappa shape index (κ2) is 5.30. The van der Waals surface area contributed by atoms with E-state index in [0.29, 0.717) is 5.69 Å². The van der Waals surface area contributed by atoms with E-state index in [1.807, 2.05) is 42.6 Å². The smallest absolute Gasteiger partial charge is 0.126 e. The highest BCUT2D eigenvalue weighted by molar-refractivity contribution is 9.11. The molecule has 20 heavy (non-hydrogen) atoms. The Hall–Kier alpha value is -1.79. The second-order valence-corrected chi connectivity index (χ2v) is 6.64. The summed E-state index contributed by atoms with van der Waals surface area (Å²) in [6.45, 7) is 0. The zero-order valence-corrected chi connectivity index (χ0v) is 13.1. The zero-order chi connectivity index (χ0) is 14.1. The Morgan fingerprint density at radius 2 is 1.95 bits per heavy atom. The molecule has 2 heterocycles. The molecule has 0 fully saturated rings. The van der Waals surface area contributed by atoms with Crippen molar-refractivity contribution in [3.8, 4) is 22.0 Å². The van der Waals surface area contributed by atoms with Crippen molar-refractivity contribution in [1.29, 1.82) is 0 Å². The third-order valence-corrected chi connectivity index (χ3v) is 4.52. The van der Waals surface area contributed by atoms with Gasteiger partial charge in [-0.25, -0.2) is 4.68 Å². The topological polar surface area (TPSA) is 53.1 Å². The maximum Gasteiger partial charge on any atom is 0.126 e. The van der Waals surface area contributed by atoms with Gasteiger partial charge in [0.2, 0.25) is 0 Å². The fraction of sp³-hybridized carbons (Fsp3) is 0.0714. The minimum absolute atomic E-state index is 0.662. The van der Waals surface area contributed by atoms with Crippen LogP contribution in [0.1, 0.15) is 0 Å². The number of methoxy groups -OCH3 is 1. The van der Waals surface area contributed by atoms with Crippen LogP contribution >= 0.6 is 27.3 Å². The average Bonchev–Trinajstić information content (AvgIpc) is 3.05. The van der Waals surface area contributed by atoms with Gasteiger partial charge in [0.25, 0.3) is 0 Å². The van der Waals surface area contributed by atoms with Gasteiger partial charge in [0.1, 0.15) is 11.4 Å². The first-order valence-electron chi connectivity index (χ1n) is 5.92. The minimum atomic E-state index is 0.662. The summed E-state index contributed by atoms with van der Waals surface area (Å²) in [6.07, 6.45) is 1.82. The number of ether oxygens (including phenoxy) is 1. The molecule has 0 spiro atoms. The largest absolute Gasteiger partial charge is 0.497 e. The van der Waals surface area contributed by atoms with E-state index in [0.717, 1.165) is 25.8 Å². The summed E-state index contributed by atoms with van der Waals surface area (Å²) in [5.41, 5.74) is 8.47. The first-order valence-corrected chi connectivity index (χ1v) is 7.53. The van der Waals surface area contributed by atoms with Gasteiger partial charge in [-0.05, 0) is 52.3 Å². The first-order chi connectivity index (χ1) is 9.67. The number of anilines is 1. The average molecular weight is 350 g/mol. The van der Waals surface area contributed by atoms with Gasteiger partial charge in [-0.3, -0.25) is 0 Å². The molecule has 3 rings (SSSR count). The van der Waals surface area contributed by atoms with E-state index in [4.69, 9.17) is 10.5 Å². The lowest BCUT2D eigenvalue weighted by molar-refractivity contribution is 0.414. The molecule has 2 N–H and O–H groups in total. The lowest BCUT2D eigenvalue weighted by Gasteiger charge is -2.02. The van der Waals surface area contributed by atoms with Crippen LogP contribution in [0.25, 0.3) is 16.3 Å². The molecule has 0 saturated carbocycles. The van der Waals surface area contributed by atoms with Crippen LogP contribution in [-0.4, -0.2) is 16.9 Å². The summed E-state index contributed by atoms with van der Waals surface area (Å²) in [5.74, 6) is 0.816. The predicted molar refractivity (Wildman–Crippen MR) is 85.5 cm³/mol. The standard InChI is InChI=1S/C14H12BrN3OS/c1-19-10-4-2-9(3-5-10)18-8-11(16)14(17-18)12-6-7-13(15)20-12/h2-8H,16H2,1H3. The molecular formula is C14H12BrN3OS. The zero-order valence-electron chi connectivity index (χ0n) is 10.7. The van der Waals surface area contributed by atoms with Crippen LogP contribution in [0.15, 0.2) is 46.4 Å². The lowest BCUT2D eigenvalue weighted by atomic mass is 10.3. The van der Waals surface area contributed by atoms with Crippen LogP contribution in [-0.2, 0) is 0 Å². The maximum atomic E-state index is 6.06. The van der Waals surface area contributed by atoms with Gasteiger partial charge in [-0.15, -0.1) is 11.3 Å². The number of hydrogen-bond donors (Lipinski definition) is 1. The third kappa shape index (κ3) is 2.44. The summed E-state index contributed by atoms with van der Waals surface area (Å²) in [4.78, 5) is 1.04. The number of rotatable bonds is 3. The number of thiophene rings is 1. The van der Waals surface area contributed by atoms with Crippen molar-refractivity contribution < 1.29 is 4.74 Å². The predicted octanol–water partition coefficient (Wildman–Crippen LogP) is 3.95. The van der Waals surface area contributed by atoms with Gasteiger partial charge in [0, 0.05) is 0 Å². The van der Waals surface area contributed by atoms with Crippen molar-refractivity contribution in [3.63, 3.8) is 0 Å². The Labute approximate surface area is 128 Å². The summed E-state index contributed by atoms with van der Waals surface area (Å²) in [5, 5.41) is 4.56. The summed E-state index contributed by atoms with van der Waals surface area (Å²) in [6, 6.07) is 11.7. The molecule has 0 saturated heterocycles. The van der Waals surface area contributed by atoms with Crippen molar-refractivity contribution >= 4 is 33.0 Å². The van der Waals surface area contributed by atoms with Crippen LogP contribution in [0, 0.1) is 0 Å². The van der Waals surface area contributed by atoms with Gasteiger partial charge in [0.05, 0.1) is 33.3 Å². The van der Waals surface area contributed by atoms with Gasteiger partial charge in [0.15, 0.2) is 0 Å². The van der Waals surface area contributed by atoms with Crippen LogP contribution in [0.2, 0.25) is 0 Å². The SMILES string of the molecule is COc1ccc(-n2cc(N)c(-c3ccc(Br)s3)n2)cc1. The Bertz CT molecular complexity index is 733. The molecule has 0 aliphatic carbocycles. The van der Waals surface area contributed by atoms with Crippen molar-refractivity contribution in [1.82, 2.24) is 9.78 Å². The summed E-state index contributed by atoms with van der Waals surface area (Å²) in [7, 11) is 1.65. The van der Waals surface area contributed by atoms with E-state index in [2.05, 4.69) is 21.0 Å². The van der Waals surface area contributed by atoms with Gasteiger partial charge < -0.3 is 10.5 Å². The molecule has 3 aromatic rings. The maximum absolute atomic E-state index is 6.06. The highest BCUT2D eigenvalue weighted by atomic mass is 79.9. The number of hydrogen-bond acceptors (Lipinski definition) is 4. The van der Waals surface area contributed by atoms with Gasteiger partial charge in [-0.2, -0.15) is 5.10 Å². The number of aromatic nitrogens is 2. The molecule has 0 amide bonds.